The topological polar surface area (TPSA) is 42.7 Å². The molecule has 0 saturated carbocycles. The molecule has 1 aromatic rings. The van der Waals surface area contributed by atoms with Gasteiger partial charge in [-0.1, -0.05) is 6.92 Å². The Balaban J connectivity index is 2.27. The Hall–Kier alpha value is -0.900. The molecule has 1 fully saturated rings. The van der Waals surface area contributed by atoms with Crippen molar-refractivity contribution in [2.45, 2.75) is 25.2 Å². The molecule has 1 saturated heterocycles. The van der Waals surface area contributed by atoms with Gasteiger partial charge in [0.2, 0.25) is 0 Å². The van der Waals surface area contributed by atoms with E-state index in [-0.39, 0.29) is 5.41 Å². The lowest BCUT2D eigenvalue weighted by Crippen LogP contribution is -2.42. The molecule has 1 N–H and O–H groups in total. The predicted molar refractivity (Wildman–Crippen MR) is 50.5 cm³/mol. The second-order valence-electron chi connectivity index (χ2n) is 4.11. The summed E-state index contributed by atoms with van der Waals surface area (Å²) in [5.41, 5.74) is 0.170. The largest absolute Gasteiger partial charge is 0.320 e. The molecular weight excluding hydrogens is 164 g/mol. The van der Waals surface area contributed by atoms with Crippen molar-refractivity contribution < 1.29 is 0 Å². The molecule has 0 unspecified atom stereocenters. The van der Waals surface area contributed by atoms with Crippen molar-refractivity contribution in [3.63, 3.8) is 0 Å². The third kappa shape index (κ3) is 1.46. The highest BCUT2D eigenvalue weighted by Gasteiger charge is 2.32. The average molecular weight is 180 g/mol. The maximum atomic E-state index is 4.18. The first-order valence-corrected chi connectivity index (χ1v) is 4.78. The van der Waals surface area contributed by atoms with E-state index in [9.17, 15) is 0 Å². The summed E-state index contributed by atoms with van der Waals surface area (Å²) in [5, 5.41) is 11.5. The molecule has 0 amide bonds. The highest BCUT2D eigenvalue weighted by Crippen LogP contribution is 2.28. The summed E-state index contributed by atoms with van der Waals surface area (Å²) in [6, 6.07) is 0. The van der Waals surface area contributed by atoms with Crippen molar-refractivity contribution in [1.82, 2.24) is 20.1 Å². The summed E-state index contributed by atoms with van der Waals surface area (Å²) < 4.78 is 2.02. The third-order valence-corrected chi connectivity index (χ3v) is 2.85. The van der Waals surface area contributed by atoms with E-state index in [1.807, 2.05) is 11.6 Å². The van der Waals surface area contributed by atoms with E-state index in [0.29, 0.717) is 0 Å². The first kappa shape index (κ1) is 8.69. The van der Waals surface area contributed by atoms with Gasteiger partial charge in [0.05, 0.1) is 0 Å². The Labute approximate surface area is 78.4 Å². The molecule has 72 valence electrons. The fourth-order valence-corrected chi connectivity index (χ4v) is 2.08. The summed E-state index contributed by atoms with van der Waals surface area (Å²) in [5.74, 6) is 1.10. The van der Waals surface area contributed by atoms with Crippen LogP contribution in [-0.2, 0) is 12.5 Å². The van der Waals surface area contributed by atoms with Crippen molar-refractivity contribution in [3.05, 3.63) is 12.2 Å². The fraction of sp³-hybridized carbons (Fsp3) is 0.778. The van der Waals surface area contributed by atoms with Crippen molar-refractivity contribution >= 4 is 0 Å². The number of nitrogens with one attached hydrogen (secondary N) is 1. The van der Waals surface area contributed by atoms with Gasteiger partial charge in [-0.3, -0.25) is 0 Å². The van der Waals surface area contributed by atoms with E-state index in [1.165, 1.54) is 12.8 Å². The number of nitrogens with zero attached hydrogens (tertiary/aromatic N) is 3. The minimum atomic E-state index is 0.170. The normalized spacial score (nSPS) is 29.1. The smallest absolute Gasteiger partial charge is 0.139 e. The molecule has 1 aliphatic rings. The van der Waals surface area contributed by atoms with E-state index >= 15 is 0 Å². The SMILES string of the molecule is Cn1cnnc1[C@]1(C)CCCNC1. The average Bonchev–Trinajstić information content (AvgIpc) is 2.53. The first-order valence-electron chi connectivity index (χ1n) is 4.78. The lowest BCUT2D eigenvalue weighted by Gasteiger charge is -2.32. The molecular formula is C9H16N4. The number of piperidine rings is 1. The maximum absolute atomic E-state index is 4.18. The van der Waals surface area contributed by atoms with E-state index in [4.69, 9.17) is 0 Å². The van der Waals surface area contributed by atoms with Gasteiger partial charge in [0.25, 0.3) is 0 Å². The van der Waals surface area contributed by atoms with E-state index < -0.39 is 0 Å². The quantitative estimate of drug-likeness (QED) is 0.682. The fourth-order valence-electron chi connectivity index (χ4n) is 2.08. The third-order valence-electron chi connectivity index (χ3n) is 2.85. The standard InChI is InChI=1S/C9H16N4/c1-9(4-3-5-10-6-9)8-12-11-7-13(8)2/h7,10H,3-6H2,1-2H3/t9-/m1/s1. The molecule has 0 radical (unpaired) electrons. The van der Waals surface area contributed by atoms with Crippen LogP contribution in [-0.4, -0.2) is 27.9 Å². The van der Waals surface area contributed by atoms with E-state index in [0.717, 1.165) is 18.9 Å². The minimum Gasteiger partial charge on any atom is -0.320 e. The van der Waals surface area contributed by atoms with Crippen LogP contribution in [0.2, 0.25) is 0 Å². The summed E-state index contributed by atoms with van der Waals surface area (Å²) in [7, 11) is 2.01. The van der Waals surface area contributed by atoms with Crippen LogP contribution in [0.25, 0.3) is 0 Å². The van der Waals surface area contributed by atoms with Crippen molar-refractivity contribution in [2.75, 3.05) is 13.1 Å². The number of hydrogen-bond donors (Lipinski definition) is 1. The Bertz CT molecular complexity index is 286. The summed E-state index contributed by atoms with van der Waals surface area (Å²) >= 11 is 0. The van der Waals surface area contributed by atoms with Crippen LogP contribution < -0.4 is 5.32 Å². The minimum absolute atomic E-state index is 0.170. The van der Waals surface area contributed by atoms with Crippen molar-refractivity contribution in [3.8, 4) is 0 Å². The number of rotatable bonds is 1. The van der Waals surface area contributed by atoms with Crippen LogP contribution in [0.1, 0.15) is 25.6 Å². The molecule has 13 heavy (non-hydrogen) atoms. The highest BCUT2D eigenvalue weighted by molar-refractivity contribution is 5.08. The van der Waals surface area contributed by atoms with Crippen LogP contribution in [0, 0.1) is 0 Å². The molecule has 0 aromatic carbocycles. The second kappa shape index (κ2) is 3.10. The van der Waals surface area contributed by atoms with Crippen LogP contribution >= 0.6 is 0 Å². The van der Waals surface area contributed by atoms with Gasteiger partial charge >= 0.3 is 0 Å². The van der Waals surface area contributed by atoms with E-state index in [2.05, 4.69) is 22.4 Å². The highest BCUT2D eigenvalue weighted by atomic mass is 15.3. The molecule has 4 heteroatoms. The molecule has 0 bridgehead atoms. The Kier molecular flexibility index (Phi) is 2.07. The lowest BCUT2D eigenvalue weighted by atomic mass is 9.82. The number of aromatic nitrogens is 3. The van der Waals surface area contributed by atoms with Crippen LogP contribution in [0.15, 0.2) is 6.33 Å². The van der Waals surface area contributed by atoms with Gasteiger partial charge in [0.15, 0.2) is 0 Å². The summed E-state index contributed by atoms with van der Waals surface area (Å²) in [6.45, 7) is 4.40. The van der Waals surface area contributed by atoms with Crippen molar-refractivity contribution in [1.29, 1.82) is 0 Å². The molecule has 1 aromatic heterocycles. The Morgan fingerprint density at radius 2 is 2.46 bits per heavy atom. The zero-order valence-electron chi connectivity index (χ0n) is 8.25. The number of hydrogen-bond acceptors (Lipinski definition) is 3. The molecule has 2 rings (SSSR count). The monoisotopic (exact) mass is 180 g/mol. The molecule has 1 aliphatic heterocycles. The summed E-state index contributed by atoms with van der Waals surface area (Å²) in [4.78, 5) is 0. The van der Waals surface area contributed by atoms with Gasteiger partial charge in [0.1, 0.15) is 12.2 Å². The zero-order chi connectivity index (χ0) is 9.31. The van der Waals surface area contributed by atoms with Gasteiger partial charge in [-0.25, -0.2) is 0 Å². The van der Waals surface area contributed by atoms with Crippen LogP contribution in [0.3, 0.4) is 0 Å². The molecule has 0 aliphatic carbocycles. The van der Waals surface area contributed by atoms with Gasteiger partial charge in [-0.2, -0.15) is 0 Å². The first-order chi connectivity index (χ1) is 6.22. The number of aryl methyl sites for hydroxylation is 1. The maximum Gasteiger partial charge on any atom is 0.139 e. The van der Waals surface area contributed by atoms with Gasteiger partial charge in [-0.15, -0.1) is 10.2 Å². The van der Waals surface area contributed by atoms with Gasteiger partial charge in [-0.05, 0) is 19.4 Å². The second-order valence-corrected chi connectivity index (χ2v) is 4.11. The van der Waals surface area contributed by atoms with Crippen LogP contribution in [0.4, 0.5) is 0 Å². The summed E-state index contributed by atoms with van der Waals surface area (Å²) in [6.07, 6.45) is 4.20. The molecule has 0 spiro atoms. The predicted octanol–water partition coefficient (Wildman–Crippen LogP) is 0.456. The molecule has 4 nitrogen and oxygen atoms in total. The van der Waals surface area contributed by atoms with E-state index in [1.54, 1.807) is 6.33 Å². The zero-order valence-corrected chi connectivity index (χ0v) is 8.25. The lowest BCUT2D eigenvalue weighted by molar-refractivity contribution is 0.316. The Morgan fingerprint density at radius 1 is 1.62 bits per heavy atom. The van der Waals surface area contributed by atoms with Crippen molar-refractivity contribution in [2.24, 2.45) is 7.05 Å². The van der Waals surface area contributed by atoms with Crippen LogP contribution in [0.5, 0.6) is 0 Å². The molecule has 2 heterocycles. The molecule has 1 atom stereocenters. The van der Waals surface area contributed by atoms with Gasteiger partial charge < -0.3 is 9.88 Å². The van der Waals surface area contributed by atoms with Gasteiger partial charge in [0, 0.05) is 19.0 Å². The Morgan fingerprint density at radius 3 is 3.00 bits per heavy atom.